The molecule has 1 aliphatic heterocycles. The summed E-state index contributed by atoms with van der Waals surface area (Å²) >= 11 is 0. The smallest absolute Gasteiger partial charge is 0.256 e. The van der Waals surface area contributed by atoms with E-state index in [1.807, 2.05) is 36.1 Å². The van der Waals surface area contributed by atoms with E-state index in [-0.39, 0.29) is 11.8 Å². The zero-order chi connectivity index (χ0) is 17.4. The Morgan fingerprint density at radius 2 is 2.04 bits per heavy atom. The summed E-state index contributed by atoms with van der Waals surface area (Å²) in [7, 11) is 0. The van der Waals surface area contributed by atoms with E-state index in [0.29, 0.717) is 18.0 Å². The molecule has 1 aromatic carbocycles. The van der Waals surface area contributed by atoms with Crippen LogP contribution in [0, 0.1) is 11.8 Å². The number of likely N-dealkylation sites (tertiary alicyclic amines) is 1. The Morgan fingerprint density at radius 3 is 2.80 bits per heavy atom. The third-order valence-electron chi connectivity index (χ3n) is 6.05. The van der Waals surface area contributed by atoms with Crippen molar-refractivity contribution in [2.75, 3.05) is 13.1 Å². The lowest BCUT2D eigenvalue weighted by Crippen LogP contribution is -2.44. The number of carbonyl (C=O) groups excluding carboxylic acids is 1. The van der Waals surface area contributed by atoms with Gasteiger partial charge in [-0.3, -0.25) is 9.36 Å². The van der Waals surface area contributed by atoms with Gasteiger partial charge in [-0.1, -0.05) is 25.5 Å². The Labute approximate surface area is 147 Å². The van der Waals surface area contributed by atoms with E-state index in [1.165, 1.54) is 0 Å². The minimum absolute atomic E-state index is 0.0251. The summed E-state index contributed by atoms with van der Waals surface area (Å²) < 4.78 is 1.76. The molecule has 1 amide bonds. The number of carbonyl (C=O) groups is 1. The van der Waals surface area contributed by atoms with Gasteiger partial charge in [0.25, 0.3) is 5.91 Å². The van der Waals surface area contributed by atoms with E-state index in [4.69, 9.17) is 0 Å². The van der Waals surface area contributed by atoms with Gasteiger partial charge in [0, 0.05) is 19.0 Å². The molecule has 2 fully saturated rings. The van der Waals surface area contributed by atoms with Crippen LogP contribution >= 0.6 is 0 Å². The Hall–Kier alpha value is -2.21. The minimum atomic E-state index is -0.619. The molecule has 2 aliphatic rings. The highest BCUT2D eigenvalue weighted by Crippen LogP contribution is 2.44. The van der Waals surface area contributed by atoms with E-state index in [9.17, 15) is 9.90 Å². The number of hydrogen-bond donors (Lipinski definition) is 1. The van der Waals surface area contributed by atoms with E-state index < -0.39 is 5.60 Å². The Morgan fingerprint density at radius 1 is 1.28 bits per heavy atom. The number of aliphatic hydroxyl groups is 1. The molecule has 0 bridgehead atoms. The third kappa shape index (κ3) is 2.74. The summed E-state index contributed by atoms with van der Waals surface area (Å²) in [6, 6.07) is 7.55. The van der Waals surface area contributed by atoms with Crippen LogP contribution < -0.4 is 0 Å². The standard InChI is InChI=1S/C19H24N4O2/c1-2-19(25)9-5-6-14-10-22(11-16(14)19)18(24)15-7-3-4-8-17(15)23-12-20-21-13-23/h3-4,7-8,12-14,16,25H,2,5-6,9-11H2,1H3/t14-,16+,19-/m0/s1. The molecule has 0 radical (unpaired) electrons. The second-order valence-electron chi connectivity index (χ2n) is 7.31. The molecule has 3 atom stereocenters. The first-order chi connectivity index (χ1) is 12.1. The van der Waals surface area contributed by atoms with Gasteiger partial charge in [-0.25, -0.2) is 0 Å². The lowest BCUT2D eigenvalue weighted by atomic mass is 9.69. The maximum absolute atomic E-state index is 13.2. The molecular weight excluding hydrogens is 316 g/mol. The number of aromatic nitrogens is 3. The zero-order valence-electron chi connectivity index (χ0n) is 14.5. The molecule has 0 unspecified atom stereocenters. The molecule has 25 heavy (non-hydrogen) atoms. The molecule has 132 valence electrons. The number of nitrogens with zero attached hydrogens (tertiary/aromatic N) is 4. The predicted molar refractivity (Wildman–Crippen MR) is 93.3 cm³/mol. The van der Waals surface area contributed by atoms with Gasteiger partial charge in [-0.15, -0.1) is 10.2 Å². The molecule has 2 heterocycles. The SMILES string of the molecule is CC[C@]1(O)CCC[C@H]2CN(C(=O)c3ccccc3-n3cnnc3)C[C@H]21. The van der Waals surface area contributed by atoms with Gasteiger partial charge in [0.05, 0.1) is 16.9 Å². The van der Waals surface area contributed by atoms with E-state index in [1.54, 1.807) is 17.2 Å². The van der Waals surface area contributed by atoms with E-state index in [0.717, 1.165) is 37.9 Å². The first kappa shape index (κ1) is 16.3. The fourth-order valence-corrected chi connectivity index (χ4v) is 4.61. The molecule has 1 aliphatic carbocycles. The number of hydrogen-bond acceptors (Lipinski definition) is 4. The molecular formula is C19H24N4O2. The van der Waals surface area contributed by atoms with Crippen LogP contribution in [-0.2, 0) is 0 Å². The van der Waals surface area contributed by atoms with Gasteiger partial charge in [-0.2, -0.15) is 0 Å². The molecule has 6 nitrogen and oxygen atoms in total. The van der Waals surface area contributed by atoms with Crippen LogP contribution in [0.15, 0.2) is 36.9 Å². The maximum Gasteiger partial charge on any atom is 0.256 e. The van der Waals surface area contributed by atoms with Crippen LogP contribution in [0.5, 0.6) is 0 Å². The highest BCUT2D eigenvalue weighted by molar-refractivity contribution is 5.98. The molecule has 2 aromatic rings. The minimum Gasteiger partial charge on any atom is -0.390 e. The lowest BCUT2D eigenvalue weighted by Gasteiger charge is -2.40. The number of para-hydroxylation sites is 1. The highest BCUT2D eigenvalue weighted by atomic mass is 16.3. The van der Waals surface area contributed by atoms with Crippen LogP contribution in [-0.4, -0.2) is 49.4 Å². The van der Waals surface area contributed by atoms with E-state index in [2.05, 4.69) is 10.2 Å². The van der Waals surface area contributed by atoms with Crippen LogP contribution in [0.1, 0.15) is 43.0 Å². The number of amides is 1. The molecule has 1 saturated carbocycles. The van der Waals surface area contributed by atoms with Crippen molar-refractivity contribution in [1.29, 1.82) is 0 Å². The third-order valence-corrected chi connectivity index (χ3v) is 6.05. The number of rotatable bonds is 3. The largest absolute Gasteiger partial charge is 0.390 e. The molecule has 1 N–H and O–H groups in total. The van der Waals surface area contributed by atoms with E-state index >= 15 is 0 Å². The van der Waals surface area contributed by atoms with Gasteiger partial charge < -0.3 is 10.0 Å². The first-order valence-electron chi connectivity index (χ1n) is 9.08. The van der Waals surface area contributed by atoms with Crippen molar-refractivity contribution in [2.45, 2.75) is 38.2 Å². The maximum atomic E-state index is 13.2. The van der Waals surface area contributed by atoms with Gasteiger partial charge in [0.15, 0.2) is 0 Å². The van der Waals surface area contributed by atoms with Crippen molar-refractivity contribution in [3.63, 3.8) is 0 Å². The van der Waals surface area contributed by atoms with Crippen molar-refractivity contribution in [2.24, 2.45) is 11.8 Å². The van der Waals surface area contributed by atoms with Crippen LogP contribution in [0.3, 0.4) is 0 Å². The summed E-state index contributed by atoms with van der Waals surface area (Å²) in [6.45, 7) is 3.43. The predicted octanol–water partition coefficient (Wildman–Crippen LogP) is 2.28. The first-order valence-corrected chi connectivity index (χ1v) is 9.08. The second-order valence-corrected chi connectivity index (χ2v) is 7.31. The number of benzene rings is 1. The fraction of sp³-hybridized carbons (Fsp3) is 0.526. The molecule has 4 rings (SSSR count). The summed E-state index contributed by atoms with van der Waals surface area (Å²) in [5.41, 5.74) is 0.824. The normalized spacial score (nSPS) is 28.8. The zero-order valence-corrected chi connectivity index (χ0v) is 14.5. The van der Waals surface area contributed by atoms with Gasteiger partial charge in [0.2, 0.25) is 0 Å². The van der Waals surface area contributed by atoms with Gasteiger partial charge >= 0.3 is 0 Å². The second kappa shape index (κ2) is 6.26. The average molecular weight is 340 g/mol. The van der Waals surface area contributed by atoms with Crippen LogP contribution in [0.4, 0.5) is 0 Å². The topological polar surface area (TPSA) is 71.2 Å². The van der Waals surface area contributed by atoms with Crippen molar-refractivity contribution < 1.29 is 9.90 Å². The fourth-order valence-electron chi connectivity index (χ4n) is 4.61. The molecule has 1 aromatic heterocycles. The lowest BCUT2D eigenvalue weighted by molar-refractivity contribution is -0.0609. The van der Waals surface area contributed by atoms with Crippen molar-refractivity contribution in [3.8, 4) is 5.69 Å². The number of fused-ring (bicyclic) bond motifs is 1. The van der Waals surface area contributed by atoms with Crippen molar-refractivity contribution in [3.05, 3.63) is 42.5 Å². The monoisotopic (exact) mass is 340 g/mol. The molecule has 6 heteroatoms. The Balaban J connectivity index is 1.61. The van der Waals surface area contributed by atoms with Crippen LogP contribution in [0.2, 0.25) is 0 Å². The van der Waals surface area contributed by atoms with Crippen molar-refractivity contribution in [1.82, 2.24) is 19.7 Å². The average Bonchev–Trinajstić information content (AvgIpc) is 3.31. The summed E-state index contributed by atoms with van der Waals surface area (Å²) in [5.74, 6) is 0.624. The van der Waals surface area contributed by atoms with Crippen molar-refractivity contribution >= 4 is 5.91 Å². The highest BCUT2D eigenvalue weighted by Gasteiger charge is 2.48. The quantitative estimate of drug-likeness (QED) is 0.930. The molecule has 1 saturated heterocycles. The summed E-state index contributed by atoms with van der Waals surface area (Å²) in [6.07, 6.45) is 6.96. The summed E-state index contributed by atoms with van der Waals surface area (Å²) in [5, 5.41) is 18.6. The summed E-state index contributed by atoms with van der Waals surface area (Å²) in [4.78, 5) is 15.1. The van der Waals surface area contributed by atoms with Gasteiger partial charge in [-0.05, 0) is 37.3 Å². The molecule has 0 spiro atoms. The Kier molecular flexibility index (Phi) is 4.07. The Bertz CT molecular complexity index is 761. The van der Waals surface area contributed by atoms with Gasteiger partial charge in [0.1, 0.15) is 12.7 Å². The van der Waals surface area contributed by atoms with Crippen LogP contribution in [0.25, 0.3) is 5.69 Å².